The van der Waals surface area contributed by atoms with Crippen LogP contribution >= 0.6 is 0 Å². The molecule has 2 aromatic rings. The van der Waals surface area contributed by atoms with Gasteiger partial charge in [0.2, 0.25) is 5.91 Å². The Hall–Kier alpha value is -2.62. The van der Waals surface area contributed by atoms with Crippen molar-refractivity contribution in [1.29, 1.82) is 0 Å². The second-order valence-electron chi connectivity index (χ2n) is 7.21. The van der Waals surface area contributed by atoms with E-state index in [1.807, 2.05) is 56.0 Å². The minimum Gasteiger partial charge on any atom is -0.478 e. The zero-order valence-corrected chi connectivity index (χ0v) is 14.9. The summed E-state index contributed by atoms with van der Waals surface area (Å²) < 4.78 is 0. The summed E-state index contributed by atoms with van der Waals surface area (Å²) in [5.41, 5.74) is 3.85. The minimum absolute atomic E-state index is 0.0770. The van der Waals surface area contributed by atoms with Gasteiger partial charge in [0.15, 0.2) is 0 Å². The molecule has 2 aromatic carbocycles. The molecule has 1 aliphatic rings. The van der Waals surface area contributed by atoms with Crippen molar-refractivity contribution in [3.05, 3.63) is 70.3 Å². The molecule has 1 heterocycles. The van der Waals surface area contributed by atoms with Gasteiger partial charge in [-0.2, -0.15) is 0 Å². The van der Waals surface area contributed by atoms with E-state index in [9.17, 15) is 14.7 Å². The maximum atomic E-state index is 13.2. The van der Waals surface area contributed by atoms with Crippen LogP contribution in [0.2, 0.25) is 0 Å². The molecule has 0 aromatic heterocycles. The van der Waals surface area contributed by atoms with Gasteiger partial charge in [-0.05, 0) is 61.6 Å². The second kappa shape index (κ2) is 6.36. The van der Waals surface area contributed by atoms with E-state index in [0.29, 0.717) is 13.1 Å². The highest BCUT2D eigenvalue weighted by molar-refractivity contribution is 5.89. The van der Waals surface area contributed by atoms with Crippen molar-refractivity contribution in [3.63, 3.8) is 0 Å². The van der Waals surface area contributed by atoms with E-state index in [1.54, 1.807) is 12.1 Å². The van der Waals surface area contributed by atoms with Crippen LogP contribution in [0.1, 0.15) is 46.5 Å². The van der Waals surface area contributed by atoms with E-state index in [-0.39, 0.29) is 11.5 Å². The van der Waals surface area contributed by atoms with Crippen molar-refractivity contribution in [2.75, 3.05) is 6.54 Å². The topological polar surface area (TPSA) is 57.6 Å². The largest absolute Gasteiger partial charge is 0.478 e. The van der Waals surface area contributed by atoms with Gasteiger partial charge in [0, 0.05) is 13.1 Å². The van der Waals surface area contributed by atoms with Crippen LogP contribution in [0.4, 0.5) is 0 Å². The summed E-state index contributed by atoms with van der Waals surface area (Å²) in [5.74, 6) is -0.861. The van der Waals surface area contributed by atoms with Crippen molar-refractivity contribution in [1.82, 2.24) is 4.90 Å². The molecule has 3 rings (SSSR count). The highest BCUT2D eigenvalue weighted by Crippen LogP contribution is 2.31. The van der Waals surface area contributed by atoms with Gasteiger partial charge in [-0.1, -0.05) is 30.3 Å². The number of aryl methyl sites for hydroxylation is 1. The normalized spacial score (nSPS) is 14.1. The average molecular weight is 337 g/mol. The van der Waals surface area contributed by atoms with Gasteiger partial charge in [0.1, 0.15) is 0 Å². The Kier molecular flexibility index (Phi) is 4.38. The molecule has 4 nitrogen and oxygen atoms in total. The summed E-state index contributed by atoms with van der Waals surface area (Å²) in [5, 5.41) is 9.19. The first-order valence-electron chi connectivity index (χ1n) is 8.51. The first-order valence-corrected chi connectivity index (χ1v) is 8.51. The fourth-order valence-electron chi connectivity index (χ4n) is 3.65. The number of fused-ring (bicyclic) bond motifs is 1. The Morgan fingerprint density at radius 1 is 1.08 bits per heavy atom. The number of benzene rings is 2. The lowest BCUT2D eigenvalue weighted by atomic mass is 9.80. The zero-order chi connectivity index (χ0) is 18.2. The number of carboxylic acids is 1. The molecule has 4 heteroatoms. The van der Waals surface area contributed by atoms with Crippen molar-refractivity contribution < 1.29 is 14.7 Å². The molecular weight excluding hydrogens is 314 g/mol. The molecule has 1 N–H and O–H groups in total. The van der Waals surface area contributed by atoms with Crippen molar-refractivity contribution in [2.45, 2.75) is 39.2 Å². The number of carboxylic acid groups (broad SMARTS) is 1. The molecule has 0 saturated heterocycles. The Bertz CT molecular complexity index is 839. The predicted molar refractivity (Wildman–Crippen MR) is 96.7 cm³/mol. The monoisotopic (exact) mass is 337 g/mol. The fourth-order valence-corrected chi connectivity index (χ4v) is 3.65. The summed E-state index contributed by atoms with van der Waals surface area (Å²) in [6, 6.07) is 13.2. The fraction of sp³-hybridized carbons (Fsp3) is 0.333. The van der Waals surface area contributed by atoms with Crippen LogP contribution in [-0.4, -0.2) is 28.4 Å². The smallest absolute Gasteiger partial charge is 0.335 e. The van der Waals surface area contributed by atoms with Crippen LogP contribution in [0.5, 0.6) is 0 Å². The second-order valence-corrected chi connectivity index (χ2v) is 7.21. The van der Waals surface area contributed by atoms with Gasteiger partial charge in [-0.25, -0.2) is 4.79 Å². The minimum atomic E-state index is -0.938. The standard InChI is InChI=1S/C21H23NO3/c1-14-6-4-5-7-18(14)21(2,3)20(25)22-11-10-15-8-9-16(19(23)24)12-17(15)13-22/h4-9,12H,10-11,13H2,1-3H3,(H,23,24). The number of rotatable bonds is 3. The predicted octanol–water partition coefficient (Wildman–Crippen LogP) is 3.56. The van der Waals surface area contributed by atoms with Crippen molar-refractivity contribution in [3.8, 4) is 0 Å². The highest BCUT2D eigenvalue weighted by Gasteiger charge is 2.36. The molecule has 0 bridgehead atoms. The molecule has 0 aliphatic carbocycles. The lowest BCUT2D eigenvalue weighted by Gasteiger charge is -2.36. The van der Waals surface area contributed by atoms with Crippen LogP contribution in [0, 0.1) is 6.92 Å². The number of carbonyl (C=O) groups is 2. The van der Waals surface area contributed by atoms with Crippen LogP contribution in [0.25, 0.3) is 0 Å². The highest BCUT2D eigenvalue weighted by atomic mass is 16.4. The van der Waals surface area contributed by atoms with Crippen LogP contribution in [-0.2, 0) is 23.2 Å². The summed E-state index contributed by atoms with van der Waals surface area (Å²) >= 11 is 0. The van der Waals surface area contributed by atoms with Gasteiger partial charge in [-0.3, -0.25) is 4.79 Å². The quantitative estimate of drug-likeness (QED) is 0.932. The molecule has 1 amide bonds. The maximum absolute atomic E-state index is 13.2. The third-order valence-corrected chi connectivity index (χ3v) is 5.11. The molecule has 0 radical (unpaired) electrons. The number of aromatic carboxylic acids is 1. The zero-order valence-electron chi connectivity index (χ0n) is 14.9. The first kappa shape index (κ1) is 17.2. The van der Waals surface area contributed by atoms with Gasteiger partial charge < -0.3 is 10.0 Å². The third-order valence-electron chi connectivity index (χ3n) is 5.11. The third kappa shape index (κ3) is 3.16. The van der Waals surface area contributed by atoms with Crippen molar-refractivity contribution in [2.24, 2.45) is 0 Å². The van der Waals surface area contributed by atoms with E-state index in [2.05, 4.69) is 0 Å². The number of hydrogen-bond donors (Lipinski definition) is 1. The number of amides is 1. The number of nitrogens with zero attached hydrogens (tertiary/aromatic N) is 1. The summed E-state index contributed by atoms with van der Waals surface area (Å²) in [4.78, 5) is 26.3. The lowest BCUT2D eigenvalue weighted by Crippen LogP contribution is -2.46. The molecule has 0 atom stereocenters. The Labute approximate surface area is 148 Å². The summed E-state index contributed by atoms with van der Waals surface area (Å²) in [7, 11) is 0. The number of hydrogen-bond acceptors (Lipinski definition) is 2. The maximum Gasteiger partial charge on any atom is 0.335 e. The van der Waals surface area contributed by atoms with Crippen LogP contribution < -0.4 is 0 Å². The molecule has 0 unspecified atom stereocenters. The van der Waals surface area contributed by atoms with E-state index >= 15 is 0 Å². The Morgan fingerprint density at radius 3 is 2.48 bits per heavy atom. The van der Waals surface area contributed by atoms with Crippen LogP contribution in [0.15, 0.2) is 42.5 Å². The molecule has 0 spiro atoms. The van der Waals surface area contributed by atoms with E-state index < -0.39 is 11.4 Å². The van der Waals surface area contributed by atoms with Crippen LogP contribution in [0.3, 0.4) is 0 Å². The molecule has 130 valence electrons. The van der Waals surface area contributed by atoms with E-state index in [4.69, 9.17) is 0 Å². The number of carbonyl (C=O) groups excluding carboxylic acids is 1. The van der Waals surface area contributed by atoms with Gasteiger partial charge in [0.25, 0.3) is 0 Å². The Balaban J connectivity index is 1.88. The molecular formula is C21H23NO3. The average Bonchev–Trinajstić information content (AvgIpc) is 2.60. The van der Waals surface area contributed by atoms with E-state index in [1.165, 1.54) is 0 Å². The molecule has 0 fully saturated rings. The van der Waals surface area contributed by atoms with Crippen molar-refractivity contribution >= 4 is 11.9 Å². The molecule has 1 aliphatic heterocycles. The first-order chi connectivity index (χ1) is 11.8. The Morgan fingerprint density at radius 2 is 1.80 bits per heavy atom. The van der Waals surface area contributed by atoms with E-state index in [0.717, 1.165) is 28.7 Å². The summed E-state index contributed by atoms with van der Waals surface area (Å²) in [6.07, 6.45) is 0.755. The van der Waals surface area contributed by atoms with Gasteiger partial charge in [-0.15, -0.1) is 0 Å². The van der Waals surface area contributed by atoms with Gasteiger partial charge in [0.05, 0.1) is 11.0 Å². The SMILES string of the molecule is Cc1ccccc1C(C)(C)C(=O)N1CCc2ccc(C(=O)O)cc2C1. The summed E-state index contributed by atoms with van der Waals surface area (Å²) in [6.45, 7) is 7.06. The lowest BCUT2D eigenvalue weighted by molar-refractivity contribution is -0.137. The molecule has 25 heavy (non-hydrogen) atoms. The van der Waals surface area contributed by atoms with Gasteiger partial charge >= 0.3 is 5.97 Å². The molecule has 0 saturated carbocycles.